The van der Waals surface area contributed by atoms with Crippen molar-refractivity contribution in [3.05, 3.63) is 52.2 Å². The van der Waals surface area contributed by atoms with Crippen molar-refractivity contribution < 1.29 is 13.2 Å². The molecule has 0 bridgehead atoms. The van der Waals surface area contributed by atoms with Gasteiger partial charge in [0, 0.05) is 29.6 Å². The zero-order valence-electron chi connectivity index (χ0n) is 13.7. The highest BCUT2D eigenvalue weighted by Crippen LogP contribution is 2.17. The van der Waals surface area contributed by atoms with Crippen molar-refractivity contribution in [2.24, 2.45) is 5.14 Å². The number of sulfonamides is 1. The Kier molecular flexibility index (Phi) is 5.53. The standard InChI is InChI=1S/C17H21N3O3S2/c18-25(22,23)16-7-5-13(6-8-16)17(21)19-14-3-1-9-20(11-14)12-15-4-2-10-24-15/h2,4-8,10,14H,1,3,9,11-12H2,(H,19,21)(H2,18,22,23). The smallest absolute Gasteiger partial charge is 0.251 e. The minimum atomic E-state index is -3.74. The Hall–Kier alpha value is -1.74. The fourth-order valence-corrected chi connectivity index (χ4v) is 4.27. The lowest BCUT2D eigenvalue weighted by molar-refractivity contribution is 0.0901. The molecule has 1 saturated heterocycles. The lowest BCUT2D eigenvalue weighted by Crippen LogP contribution is -2.47. The number of hydrogen-bond donors (Lipinski definition) is 2. The predicted molar refractivity (Wildman–Crippen MR) is 97.9 cm³/mol. The van der Waals surface area contributed by atoms with Crippen LogP contribution in [0, 0.1) is 0 Å². The average molecular weight is 380 g/mol. The number of carbonyl (C=O) groups is 1. The van der Waals surface area contributed by atoms with Gasteiger partial charge in [-0.3, -0.25) is 9.69 Å². The van der Waals surface area contributed by atoms with E-state index in [0.717, 1.165) is 32.5 Å². The van der Waals surface area contributed by atoms with Gasteiger partial charge < -0.3 is 5.32 Å². The highest BCUT2D eigenvalue weighted by Gasteiger charge is 2.22. The molecule has 3 N–H and O–H groups in total. The van der Waals surface area contributed by atoms with Gasteiger partial charge in [0.2, 0.25) is 10.0 Å². The maximum atomic E-state index is 12.4. The predicted octanol–water partition coefficient (Wildman–Crippen LogP) is 1.79. The molecule has 0 saturated carbocycles. The third-order valence-electron chi connectivity index (χ3n) is 4.25. The summed E-state index contributed by atoms with van der Waals surface area (Å²) >= 11 is 1.74. The van der Waals surface area contributed by atoms with E-state index >= 15 is 0 Å². The van der Waals surface area contributed by atoms with Crippen molar-refractivity contribution in [1.29, 1.82) is 0 Å². The second-order valence-corrected chi connectivity index (χ2v) is 8.79. The zero-order valence-corrected chi connectivity index (χ0v) is 15.4. The number of nitrogens with two attached hydrogens (primary N) is 1. The minimum absolute atomic E-state index is 0.00355. The molecule has 2 heterocycles. The first-order valence-corrected chi connectivity index (χ1v) is 10.5. The van der Waals surface area contributed by atoms with Crippen molar-refractivity contribution in [3.8, 4) is 0 Å². The summed E-state index contributed by atoms with van der Waals surface area (Å²) in [6.07, 6.45) is 1.99. The SMILES string of the molecule is NS(=O)(=O)c1ccc(C(=O)NC2CCCN(Cc3cccs3)C2)cc1. The van der Waals surface area contributed by atoms with E-state index in [4.69, 9.17) is 5.14 Å². The molecule has 1 aliphatic heterocycles. The van der Waals surface area contributed by atoms with E-state index in [-0.39, 0.29) is 16.8 Å². The fraction of sp³-hybridized carbons (Fsp3) is 0.353. The number of carbonyl (C=O) groups excluding carboxylic acids is 1. The van der Waals surface area contributed by atoms with Crippen molar-refractivity contribution in [3.63, 3.8) is 0 Å². The third-order valence-corrected chi connectivity index (χ3v) is 6.04. The zero-order chi connectivity index (χ0) is 17.9. The molecule has 1 aromatic heterocycles. The fourth-order valence-electron chi connectivity index (χ4n) is 3.00. The Bertz CT molecular complexity index is 817. The molecule has 0 spiro atoms. The van der Waals surface area contributed by atoms with E-state index in [1.807, 2.05) is 0 Å². The van der Waals surface area contributed by atoms with Crippen LogP contribution in [0.5, 0.6) is 0 Å². The molecule has 1 amide bonds. The van der Waals surface area contributed by atoms with Crippen molar-refractivity contribution >= 4 is 27.3 Å². The molecule has 1 unspecified atom stereocenters. The van der Waals surface area contributed by atoms with Gasteiger partial charge in [-0.15, -0.1) is 11.3 Å². The molecule has 25 heavy (non-hydrogen) atoms. The average Bonchev–Trinajstić information content (AvgIpc) is 3.07. The Morgan fingerprint density at radius 2 is 2.04 bits per heavy atom. The van der Waals surface area contributed by atoms with E-state index < -0.39 is 10.0 Å². The monoisotopic (exact) mass is 379 g/mol. The number of likely N-dealkylation sites (tertiary alicyclic amines) is 1. The number of nitrogens with zero attached hydrogens (tertiary/aromatic N) is 1. The maximum Gasteiger partial charge on any atom is 0.251 e. The summed E-state index contributed by atoms with van der Waals surface area (Å²) < 4.78 is 22.5. The second-order valence-electron chi connectivity index (χ2n) is 6.20. The van der Waals surface area contributed by atoms with Crippen LogP contribution in [0.3, 0.4) is 0 Å². The first-order valence-electron chi connectivity index (χ1n) is 8.10. The maximum absolute atomic E-state index is 12.4. The summed E-state index contributed by atoms with van der Waals surface area (Å²) in [5.41, 5.74) is 0.433. The van der Waals surface area contributed by atoms with Crippen LogP contribution in [-0.4, -0.2) is 38.4 Å². The molecule has 0 radical (unpaired) electrons. The topological polar surface area (TPSA) is 92.5 Å². The number of nitrogens with one attached hydrogen (secondary N) is 1. The third kappa shape index (κ3) is 4.88. The van der Waals surface area contributed by atoms with Crippen LogP contribution >= 0.6 is 11.3 Å². The lowest BCUT2D eigenvalue weighted by Gasteiger charge is -2.32. The Labute approximate surface area is 151 Å². The lowest BCUT2D eigenvalue weighted by atomic mass is 10.0. The van der Waals surface area contributed by atoms with Gasteiger partial charge in [-0.25, -0.2) is 13.6 Å². The van der Waals surface area contributed by atoms with Crippen LogP contribution < -0.4 is 10.5 Å². The van der Waals surface area contributed by atoms with Gasteiger partial charge in [0.15, 0.2) is 0 Å². The molecule has 3 rings (SSSR count). The number of rotatable bonds is 5. The summed E-state index contributed by atoms with van der Waals surface area (Å²) in [5, 5.41) is 10.2. The van der Waals surface area contributed by atoms with Crippen LogP contribution in [-0.2, 0) is 16.6 Å². The molecule has 6 nitrogen and oxygen atoms in total. The highest BCUT2D eigenvalue weighted by atomic mass is 32.2. The van der Waals surface area contributed by atoms with Gasteiger partial charge in [-0.1, -0.05) is 6.07 Å². The first kappa shape index (κ1) is 18.1. The number of primary sulfonamides is 1. The van der Waals surface area contributed by atoms with Gasteiger partial charge in [0.05, 0.1) is 4.90 Å². The molecule has 1 fully saturated rings. The normalized spacial score (nSPS) is 18.8. The summed E-state index contributed by atoms with van der Waals surface area (Å²) in [6.45, 7) is 2.76. The highest BCUT2D eigenvalue weighted by molar-refractivity contribution is 7.89. The molecule has 0 aliphatic carbocycles. The molecule has 1 aromatic carbocycles. The first-order chi connectivity index (χ1) is 11.9. The van der Waals surface area contributed by atoms with Crippen LogP contribution in [0.4, 0.5) is 0 Å². The number of benzene rings is 1. The largest absolute Gasteiger partial charge is 0.348 e. The van der Waals surface area contributed by atoms with E-state index in [1.165, 1.54) is 29.1 Å². The summed E-state index contributed by atoms with van der Waals surface area (Å²) in [5.74, 6) is -0.191. The van der Waals surface area contributed by atoms with Gasteiger partial charge >= 0.3 is 0 Å². The van der Waals surface area contributed by atoms with E-state index in [1.54, 1.807) is 11.3 Å². The Morgan fingerprint density at radius 3 is 2.68 bits per heavy atom. The second kappa shape index (κ2) is 7.65. The number of amides is 1. The van der Waals surface area contributed by atoms with Crippen molar-refractivity contribution in [2.45, 2.75) is 30.3 Å². The van der Waals surface area contributed by atoms with Crippen LogP contribution in [0.25, 0.3) is 0 Å². The number of thiophene rings is 1. The number of piperidine rings is 1. The van der Waals surface area contributed by atoms with E-state index in [0.29, 0.717) is 5.56 Å². The molecule has 2 aromatic rings. The summed E-state index contributed by atoms with van der Waals surface area (Å²) in [7, 11) is -3.74. The van der Waals surface area contributed by atoms with Crippen molar-refractivity contribution in [2.75, 3.05) is 13.1 Å². The van der Waals surface area contributed by atoms with Crippen LogP contribution in [0.2, 0.25) is 0 Å². The Balaban J connectivity index is 1.58. The Morgan fingerprint density at radius 1 is 1.28 bits per heavy atom. The van der Waals surface area contributed by atoms with Gasteiger partial charge in [0.25, 0.3) is 5.91 Å². The molecule has 134 valence electrons. The van der Waals surface area contributed by atoms with Gasteiger partial charge in [0.1, 0.15) is 0 Å². The number of hydrogen-bond acceptors (Lipinski definition) is 5. The summed E-state index contributed by atoms with van der Waals surface area (Å²) in [6, 6.07) is 9.96. The molecule has 8 heteroatoms. The minimum Gasteiger partial charge on any atom is -0.348 e. The molecule has 1 aliphatic rings. The van der Waals surface area contributed by atoms with Crippen LogP contribution in [0.1, 0.15) is 28.1 Å². The summed E-state index contributed by atoms with van der Waals surface area (Å²) in [4.78, 5) is 16.1. The van der Waals surface area contributed by atoms with Crippen LogP contribution in [0.15, 0.2) is 46.7 Å². The molecular formula is C17H21N3O3S2. The van der Waals surface area contributed by atoms with Crippen molar-refractivity contribution in [1.82, 2.24) is 10.2 Å². The van der Waals surface area contributed by atoms with E-state index in [9.17, 15) is 13.2 Å². The van der Waals surface area contributed by atoms with Gasteiger partial charge in [-0.2, -0.15) is 0 Å². The molecular weight excluding hydrogens is 358 g/mol. The van der Waals surface area contributed by atoms with Gasteiger partial charge in [-0.05, 0) is 55.1 Å². The molecule has 1 atom stereocenters. The quantitative estimate of drug-likeness (QED) is 0.828. The van der Waals surface area contributed by atoms with E-state index in [2.05, 4.69) is 27.7 Å².